The molecule has 1 unspecified atom stereocenters. The largest absolute Gasteiger partial charge is 0.493 e. The number of hydrogen-bond donors (Lipinski definition) is 0. The third-order valence-electron chi connectivity index (χ3n) is 4.70. The number of fused-ring (bicyclic) bond motifs is 1. The minimum Gasteiger partial charge on any atom is -0.493 e. The highest BCUT2D eigenvalue weighted by atomic mass is 16.5. The fourth-order valence-electron chi connectivity index (χ4n) is 3.37. The van der Waals surface area contributed by atoms with Crippen molar-refractivity contribution in [1.29, 1.82) is 0 Å². The predicted octanol–water partition coefficient (Wildman–Crippen LogP) is 3.87. The lowest BCUT2D eigenvalue weighted by Gasteiger charge is -2.31. The standard InChI is InChI=1S/C20H25NO2/c1-15(16-7-5-4-6-8-16)13-21-10-9-17-11-19(22-2)20(23-3)12-18(17)14-21/h4-8,11-12,15H,9-10,13-14H2,1-3H3. The Morgan fingerprint density at radius 3 is 2.30 bits per heavy atom. The molecule has 0 aromatic heterocycles. The molecule has 3 heteroatoms. The zero-order valence-electron chi connectivity index (χ0n) is 14.2. The summed E-state index contributed by atoms with van der Waals surface area (Å²) in [6, 6.07) is 15.0. The summed E-state index contributed by atoms with van der Waals surface area (Å²) < 4.78 is 10.9. The molecule has 1 heterocycles. The molecule has 0 aliphatic carbocycles. The molecule has 0 amide bonds. The van der Waals surface area contributed by atoms with Gasteiger partial charge in [0, 0.05) is 19.6 Å². The molecule has 0 bridgehead atoms. The molecular weight excluding hydrogens is 286 g/mol. The van der Waals surface area contributed by atoms with Crippen LogP contribution in [0.2, 0.25) is 0 Å². The Labute approximate surface area is 138 Å². The van der Waals surface area contributed by atoms with E-state index < -0.39 is 0 Å². The molecule has 3 nitrogen and oxygen atoms in total. The van der Waals surface area contributed by atoms with Gasteiger partial charge in [0.25, 0.3) is 0 Å². The Hall–Kier alpha value is -2.00. The van der Waals surface area contributed by atoms with Crippen molar-refractivity contribution in [3.63, 3.8) is 0 Å². The van der Waals surface area contributed by atoms with E-state index in [1.807, 2.05) is 0 Å². The van der Waals surface area contributed by atoms with Crippen LogP contribution in [0.3, 0.4) is 0 Å². The first-order valence-electron chi connectivity index (χ1n) is 8.22. The lowest BCUT2D eigenvalue weighted by atomic mass is 9.96. The summed E-state index contributed by atoms with van der Waals surface area (Å²) in [6.45, 7) is 5.46. The third kappa shape index (κ3) is 3.50. The fourth-order valence-corrected chi connectivity index (χ4v) is 3.37. The molecule has 3 rings (SSSR count). The molecule has 0 spiro atoms. The Balaban J connectivity index is 1.72. The first-order valence-corrected chi connectivity index (χ1v) is 8.22. The van der Waals surface area contributed by atoms with E-state index in [9.17, 15) is 0 Å². The van der Waals surface area contributed by atoms with Gasteiger partial charge in [-0.1, -0.05) is 37.3 Å². The quantitative estimate of drug-likeness (QED) is 0.837. The molecule has 0 N–H and O–H groups in total. The highest BCUT2D eigenvalue weighted by Gasteiger charge is 2.21. The van der Waals surface area contributed by atoms with Gasteiger partial charge in [0.1, 0.15) is 0 Å². The minimum absolute atomic E-state index is 0.540. The van der Waals surface area contributed by atoms with Crippen molar-refractivity contribution in [3.05, 3.63) is 59.2 Å². The highest BCUT2D eigenvalue weighted by Crippen LogP contribution is 2.33. The van der Waals surface area contributed by atoms with E-state index >= 15 is 0 Å². The number of benzene rings is 2. The van der Waals surface area contributed by atoms with E-state index in [1.165, 1.54) is 16.7 Å². The van der Waals surface area contributed by atoms with Gasteiger partial charge in [-0.3, -0.25) is 4.90 Å². The normalized spacial score (nSPS) is 15.8. The second-order valence-electron chi connectivity index (χ2n) is 6.27. The summed E-state index contributed by atoms with van der Waals surface area (Å²) in [6.07, 6.45) is 1.07. The summed E-state index contributed by atoms with van der Waals surface area (Å²) in [7, 11) is 3.39. The third-order valence-corrected chi connectivity index (χ3v) is 4.70. The average molecular weight is 311 g/mol. The van der Waals surface area contributed by atoms with Crippen LogP contribution in [0.5, 0.6) is 11.5 Å². The summed E-state index contributed by atoms with van der Waals surface area (Å²) in [5, 5.41) is 0. The monoisotopic (exact) mass is 311 g/mol. The molecule has 1 atom stereocenters. The topological polar surface area (TPSA) is 21.7 Å². The number of nitrogens with zero attached hydrogens (tertiary/aromatic N) is 1. The smallest absolute Gasteiger partial charge is 0.161 e. The van der Waals surface area contributed by atoms with E-state index in [2.05, 4.69) is 54.3 Å². The molecule has 122 valence electrons. The molecule has 23 heavy (non-hydrogen) atoms. The van der Waals surface area contributed by atoms with Crippen LogP contribution >= 0.6 is 0 Å². The van der Waals surface area contributed by atoms with E-state index in [0.717, 1.165) is 37.6 Å². The second kappa shape index (κ2) is 7.05. The Kier molecular flexibility index (Phi) is 4.87. The van der Waals surface area contributed by atoms with Gasteiger partial charge in [-0.15, -0.1) is 0 Å². The molecule has 0 saturated carbocycles. The maximum absolute atomic E-state index is 5.44. The maximum Gasteiger partial charge on any atom is 0.161 e. The first-order chi connectivity index (χ1) is 11.2. The molecule has 1 aliphatic rings. The van der Waals surface area contributed by atoms with Gasteiger partial charge in [-0.25, -0.2) is 0 Å². The van der Waals surface area contributed by atoms with Gasteiger partial charge in [0.15, 0.2) is 11.5 Å². The lowest BCUT2D eigenvalue weighted by molar-refractivity contribution is 0.240. The van der Waals surface area contributed by atoms with Crippen LogP contribution in [0.4, 0.5) is 0 Å². The van der Waals surface area contributed by atoms with Crippen LogP contribution in [0.15, 0.2) is 42.5 Å². The van der Waals surface area contributed by atoms with Crippen LogP contribution in [-0.4, -0.2) is 32.2 Å². The number of rotatable bonds is 5. The Bertz CT molecular complexity index is 654. The summed E-state index contributed by atoms with van der Waals surface area (Å²) in [4.78, 5) is 2.53. The average Bonchev–Trinajstić information content (AvgIpc) is 2.61. The molecule has 2 aromatic carbocycles. The van der Waals surface area contributed by atoms with Crippen molar-refractivity contribution < 1.29 is 9.47 Å². The van der Waals surface area contributed by atoms with Crippen molar-refractivity contribution in [3.8, 4) is 11.5 Å². The van der Waals surface area contributed by atoms with Gasteiger partial charge in [-0.05, 0) is 41.2 Å². The van der Waals surface area contributed by atoms with Crippen LogP contribution in [0, 0.1) is 0 Å². The van der Waals surface area contributed by atoms with Crippen LogP contribution in [0.25, 0.3) is 0 Å². The number of ether oxygens (including phenoxy) is 2. The van der Waals surface area contributed by atoms with Crippen LogP contribution in [0.1, 0.15) is 29.5 Å². The van der Waals surface area contributed by atoms with E-state index in [-0.39, 0.29) is 0 Å². The first kappa shape index (κ1) is 15.9. The van der Waals surface area contributed by atoms with Gasteiger partial charge in [-0.2, -0.15) is 0 Å². The number of hydrogen-bond acceptors (Lipinski definition) is 3. The van der Waals surface area contributed by atoms with E-state index in [0.29, 0.717) is 5.92 Å². The minimum atomic E-state index is 0.540. The molecule has 1 aliphatic heterocycles. The SMILES string of the molecule is COc1cc2c(cc1OC)CN(CC(C)c1ccccc1)CC2. The number of methoxy groups -OCH3 is 2. The Morgan fingerprint density at radius 2 is 1.65 bits per heavy atom. The molecule has 2 aromatic rings. The fraction of sp³-hybridized carbons (Fsp3) is 0.400. The maximum atomic E-state index is 5.44. The molecule has 0 fully saturated rings. The Morgan fingerprint density at radius 1 is 1.00 bits per heavy atom. The summed E-state index contributed by atoms with van der Waals surface area (Å²) in [5.41, 5.74) is 4.14. The zero-order valence-corrected chi connectivity index (χ0v) is 14.2. The summed E-state index contributed by atoms with van der Waals surface area (Å²) in [5.74, 6) is 2.19. The van der Waals surface area contributed by atoms with E-state index in [4.69, 9.17) is 9.47 Å². The van der Waals surface area contributed by atoms with E-state index in [1.54, 1.807) is 14.2 Å². The van der Waals surface area contributed by atoms with Gasteiger partial charge in [0.05, 0.1) is 14.2 Å². The lowest BCUT2D eigenvalue weighted by Crippen LogP contribution is -2.33. The van der Waals surface area contributed by atoms with Crippen molar-refractivity contribution in [2.24, 2.45) is 0 Å². The van der Waals surface area contributed by atoms with Crippen molar-refractivity contribution >= 4 is 0 Å². The van der Waals surface area contributed by atoms with Gasteiger partial charge < -0.3 is 9.47 Å². The van der Waals surface area contributed by atoms with Crippen molar-refractivity contribution in [2.45, 2.75) is 25.8 Å². The van der Waals surface area contributed by atoms with Crippen molar-refractivity contribution in [2.75, 3.05) is 27.3 Å². The van der Waals surface area contributed by atoms with Gasteiger partial charge in [0.2, 0.25) is 0 Å². The van der Waals surface area contributed by atoms with Gasteiger partial charge >= 0.3 is 0 Å². The molecular formula is C20H25NO2. The molecule has 0 radical (unpaired) electrons. The zero-order chi connectivity index (χ0) is 16.2. The van der Waals surface area contributed by atoms with Crippen LogP contribution in [-0.2, 0) is 13.0 Å². The summed E-state index contributed by atoms with van der Waals surface area (Å²) >= 11 is 0. The second-order valence-corrected chi connectivity index (χ2v) is 6.27. The molecule has 0 saturated heterocycles. The van der Waals surface area contributed by atoms with Crippen molar-refractivity contribution in [1.82, 2.24) is 4.90 Å². The van der Waals surface area contributed by atoms with Crippen LogP contribution < -0.4 is 9.47 Å². The predicted molar refractivity (Wildman–Crippen MR) is 93.4 cm³/mol. The highest BCUT2D eigenvalue weighted by molar-refractivity contribution is 5.48.